The number of benzene rings is 1. The monoisotopic (exact) mass is 240 g/mol. The fourth-order valence-electron chi connectivity index (χ4n) is 1.54. The quantitative estimate of drug-likeness (QED) is 0.847. The van der Waals surface area contributed by atoms with Crippen molar-refractivity contribution in [2.45, 2.75) is 25.9 Å². The fraction of sp³-hybridized carbons (Fsp3) is 0.417. The number of likely N-dealkylation sites (N-methyl/N-ethyl adjacent to an activating group) is 1. The van der Waals surface area contributed by atoms with E-state index in [0.717, 1.165) is 5.56 Å². The van der Waals surface area contributed by atoms with E-state index in [1.54, 1.807) is 7.05 Å². The highest BCUT2D eigenvalue weighted by Crippen LogP contribution is 2.17. The maximum absolute atomic E-state index is 11.3. The van der Waals surface area contributed by atoms with Gasteiger partial charge in [-0.25, -0.2) is 0 Å². The molecule has 0 bridgehead atoms. The van der Waals surface area contributed by atoms with Crippen LogP contribution in [0.25, 0.3) is 0 Å². The van der Waals surface area contributed by atoms with Crippen molar-refractivity contribution in [1.82, 2.24) is 10.6 Å². The Kier molecular flexibility index (Phi) is 4.77. The topological polar surface area (TPSA) is 41.1 Å². The minimum absolute atomic E-state index is 0.0196. The molecule has 2 atom stereocenters. The fourth-order valence-corrected chi connectivity index (χ4v) is 1.74. The number of amides is 1. The average Bonchev–Trinajstić information content (AvgIpc) is 2.27. The Labute approximate surface area is 101 Å². The van der Waals surface area contributed by atoms with Gasteiger partial charge >= 0.3 is 0 Å². The third-order valence-electron chi connectivity index (χ3n) is 2.49. The maximum Gasteiger partial charge on any atom is 0.236 e. The van der Waals surface area contributed by atoms with Gasteiger partial charge in [0.05, 0.1) is 6.04 Å². The Morgan fingerprint density at radius 2 is 2.06 bits per heavy atom. The van der Waals surface area contributed by atoms with Crippen molar-refractivity contribution in [2.24, 2.45) is 0 Å². The van der Waals surface area contributed by atoms with Gasteiger partial charge in [0.25, 0.3) is 0 Å². The molecule has 0 saturated carbocycles. The summed E-state index contributed by atoms with van der Waals surface area (Å²) in [6.07, 6.45) is 0. The highest BCUT2D eigenvalue weighted by Gasteiger charge is 2.14. The molecule has 0 aliphatic rings. The van der Waals surface area contributed by atoms with Crippen LogP contribution in [0.3, 0.4) is 0 Å². The third kappa shape index (κ3) is 3.51. The number of hydrogen-bond acceptors (Lipinski definition) is 2. The van der Waals surface area contributed by atoms with Crippen molar-refractivity contribution in [3.05, 3.63) is 34.9 Å². The molecule has 4 heteroatoms. The van der Waals surface area contributed by atoms with E-state index in [1.165, 1.54) is 0 Å². The van der Waals surface area contributed by atoms with Gasteiger partial charge in [-0.1, -0.05) is 23.7 Å². The smallest absolute Gasteiger partial charge is 0.236 e. The average molecular weight is 241 g/mol. The second-order valence-electron chi connectivity index (χ2n) is 3.78. The lowest BCUT2D eigenvalue weighted by molar-refractivity contribution is -0.122. The van der Waals surface area contributed by atoms with Gasteiger partial charge in [0.15, 0.2) is 0 Å². The minimum atomic E-state index is -0.223. The maximum atomic E-state index is 11.3. The summed E-state index contributed by atoms with van der Waals surface area (Å²) in [6, 6.07) is 7.49. The number of hydrogen-bond donors (Lipinski definition) is 2. The first-order valence-electron chi connectivity index (χ1n) is 5.27. The van der Waals surface area contributed by atoms with Gasteiger partial charge in [-0.15, -0.1) is 0 Å². The zero-order chi connectivity index (χ0) is 12.1. The molecule has 0 aliphatic heterocycles. The Hall–Kier alpha value is -1.06. The molecule has 88 valence electrons. The lowest BCUT2D eigenvalue weighted by Crippen LogP contribution is -2.41. The summed E-state index contributed by atoms with van der Waals surface area (Å²) >= 11 is 5.91. The van der Waals surface area contributed by atoms with Gasteiger partial charge in [-0.2, -0.15) is 0 Å². The summed E-state index contributed by atoms with van der Waals surface area (Å²) in [5.41, 5.74) is 1.07. The molecule has 2 N–H and O–H groups in total. The summed E-state index contributed by atoms with van der Waals surface area (Å²) in [4.78, 5) is 11.3. The Balaban J connectivity index is 2.65. The summed E-state index contributed by atoms with van der Waals surface area (Å²) in [5.74, 6) is -0.0196. The van der Waals surface area contributed by atoms with Gasteiger partial charge in [0.2, 0.25) is 5.91 Å². The predicted molar refractivity (Wildman–Crippen MR) is 66.5 cm³/mol. The molecule has 1 unspecified atom stereocenters. The number of nitrogens with one attached hydrogen (secondary N) is 2. The Morgan fingerprint density at radius 1 is 1.38 bits per heavy atom. The highest BCUT2D eigenvalue weighted by molar-refractivity contribution is 6.30. The molecule has 0 heterocycles. The molecule has 1 amide bonds. The van der Waals surface area contributed by atoms with Gasteiger partial charge < -0.3 is 5.32 Å². The lowest BCUT2D eigenvalue weighted by atomic mass is 10.1. The van der Waals surface area contributed by atoms with Gasteiger partial charge in [0.1, 0.15) is 0 Å². The summed E-state index contributed by atoms with van der Waals surface area (Å²) in [5, 5.41) is 6.52. The molecule has 1 aromatic carbocycles. The van der Waals surface area contributed by atoms with Crippen LogP contribution in [0.15, 0.2) is 24.3 Å². The first-order chi connectivity index (χ1) is 7.54. The molecule has 0 fully saturated rings. The SMILES string of the molecule is CNC(=O)C(C)N[C@@H](C)c1cccc(Cl)c1. The molecule has 0 radical (unpaired) electrons. The van der Waals surface area contributed by atoms with Crippen molar-refractivity contribution in [3.8, 4) is 0 Å². The Morgan fingerprint density at radius 3 is 2.62 bits per heavy atom. The molecule has 3 nitrogen and oxygen atoms in total. The summed E-state index contributed by atoms with van der Waals surface area (Å²) < 4.78 is 0. The van der Waals surface area contributed by atoms with E-state index in [9.17, 15) is 4.79 Å². The molecule has 1 aromatic rings. The highest BCUT2D eigenvalue weighted by atomic mass is 35.5. The molecule has 0 spiro atoms. The summed E-state index contributed by atoms with van der Waals surface area (Å²) in [7, 11) is 1.63. The molecular formula is C12H17ClN2O. The van der Waals surface area contributed by atoms with Crippen molar-refractivity contribution in [1.29, 1.82) is 0 Å². The predicted octanol–water partition coefficient (Wildman–Crippen LogP) is 2.13. The molecule has 0 aliphatic carbocycles. The van der Waals surface area contributed by atoms with Crippen LogP contribution in [-0.2, 0) is 4.79 Å². The number of carbonyl (C=O) groups excluding carboxylic acids is 1. The van der Waals surface area contributed by atoms with E-state index in [2.05, 4.69) is 10.6 Å². The second-order valence-corrected chi connectivity index (χ2v) is 4.22. The van der Waals surface area contributed by atoms with Crippen LogP contribution in [0.1, 0.15) is 25.5 Å². The van der Waals surface area contributed by atoms with E-state index < -0.39 is 0 Å². The van der Waals surface area contributed by atoms with Gasteiger partial charge in [0, 0.05) is 18.1 Å². The van der Waals surface area contributed by atoms with Crippen molar-refractivity contribution >= 4 is 17.5 Å². The van der Waals surface area contributed by atoms with E-state index in [0.29, 0.717) is 5.02 Å². The summed E-state index contributed by atoms with van der Waals surface area (Å²) in [6.45, 7) is 3.84. The van der Waals surface area contributed by atoms with Crippen LogP contribution in [0.5, 0.6) is 0 Å². The zero-order valence-corrected chi connectivity index (χ0v) is 10.5. The number of rotatable bonds is 4. The number of halogens is 1. The van der Waals surface area contributed by atoms with Crippen molar-refractivity contribution < 1.29 is 4.79 Å². The van der Waals surface area contributed by atoms with Crippen molar-refractivity contribution in [2.75, 3.05) is 7.05 Å². The molecule has 0 saturated heterocycles. The third-order valence-corrected chi connectivity index (χ3v) is 2.72. The van der Waals surface area contributed by atoms with Crippen LogP contribution >= 0.6 is 11.6 Å². The molecular weight excluding hydrogens is 224 g/mol. The normalized spacial score (nSPS) is 14.2. The standard InChI is InChI=1S/C12H17ClN2O/c1-8(15-9(2)12(16)14-3)10-5-4-6-11(13)7-10/h4-9,15H,1-3H3,(H,14,16)/t8-,9?/m0/s1. The van der Waals surface area contributed by atoms with Gasteiger partial charge in [-0.3, -0.25) is 10.1 Å². The van der Waals surface area contributed by atoms with Crippen LogP contribution in [0, 0.1) is 0 Å². The second kappa shape index (κ2) is 5.87. The lowest BCUT2D eigenvalue weighted by Gasteiger charge is -2.19. The molecule has 0 aromatic heterocycles. The molecule has 16 heavy (non-hydrogen) atoms. The first kappa shape index (κ1) is 13.0. The van der Waals surface area contributed by atoms with Crippen LogP contribution in [0.2, 0.25) is 5.02 Å². The van der Waals surface area contributed by atoms with E-state index in [-0.39, 0.29) is 18.0 Å². The van der Waals surface area contributed by atoms with E-state index >= 15 is 0 Å². The zero-order valence-electron chi connectivity index (χ0n) is 9.75. The van der Waals surface area contributed by atoms with Crippen molar-refractivity contribution in [3.63, 3.8) is 0 Å². The first-order valence-corrected chi connectivity index (χ1v) is 5.65. The molecule has 1 rings (SSSR count). The van der Waals surface area contributed by atoms with E-state index in [1.807, 2.05) is 38.1 Å². The van der Waals surface area contributed by atoms with Gasteiger partial charge in [-0.05, 0) is 31.5 Å². The van der Waals surface area contributed by atoms with Crippen LogP contribution < -0.4 is 10.6 Å². The number of carbonyl (C=O) groups is 1. The largest absolute Gasteiger partial charge is 0.358 e. The van der Waals surface area contributed by atoms with E-state index in [4.69, 9.17) is 11.6 Å². The van der Waals surface area contributed by atoms with Crippen LogP contribution in [0.4, 0.5) is 0 Å². The van der Waals surface area contributed by atoms with Crippen LogP contribution in [-0.4, -0.2) is 19.0 Å². The Bertz CT molecular complexity index is 368. The minimum Gasteiger partial charge on any atom is -0.358 e.